The third kappa shape index (κ3) is 4.09. The van der Waals surface area contributed by atoms with Gasteiger partial charge in [-0.1, -0.05) is 11.6 Å². The van der Waals surface area contributed by atoms with E-state index in [1.54, 1.807) is 20.9 Å². The molecule has 0 radical (unpaired) electrons. The first-order chi connectivity index (χ1) is 9.60. The molecule has 0 spiro atoms. The van der Waals surface area contributed by atoms with Crippen LogP contribution in [-0.4, -0.2) is 38.9 Å². The van der Waals surface area contributed by atoms with E-state index in [1.807, 2.05) is 0 Å². The van der Waals surface area contributed by atoms with Crippen molar-refractivity contribution in [1.82, 2.24) is 9.62 Å². The molecule has 0 saturated heterocycles. The quantitative estimate of drug-likeness (QED) is 0.796. The monoisotopic (exact) mass is 333 g/mol. The number of sulfonamides is 1. The minimum absolute atomic E-state index is 0.0607. The standard InChI is InChI=1S/C13H20ClN3O3S/c1-5-17(4)13(18)9(3)16-21(19,20)10-6-11(14)8(2)12(15)7-10/h6-7,9,16H,5,15H2,1-4H3. The Balaban J connectivity index is 3.05. The van der Waals surface area contributed by atoms with Crippen LogP contribution < -0.4 is 10.5 Å². The molecule has 0 aliphatic heterocycles. The number of carbonyl (C=O) groups is 1. The zero-order chi connectivity index (χ0) is 16.4. The summed E-state index contributed by atoms with van der Waals surface area (Å²) in [5.41, 5.74) is 6.63. The summed E-state index contributed by atoms with van der Waals surface area (Å²) in [5.74, 6) is -0.313. The highest BCUT2D eigenvalue weighted by atomic mass is 35.5. The van der Waals surface area contributed by atoms with Gasteiger partial charge in [-0.2, -0.15) is 4.72 Å². The number of hydrogen-bond acceptors (Lipinski definition) is 4. The summed E-state index contributed by atoms with van der Waals surface area (Å²) in [7, 11) is -2.26. The summed E-state index contributed by atoms with van der Waals surface area (Å²) in [6, 6.07) is 1.77. The molecule has 1 rings (SSSR count). The average molecular weight is 334 g/mol. The number of nitrogen functional groups attached to an aromatic ring is 1. The van der Waals surface area contributed by atoms with Crippen molar-refractivity contribution in [1.29, 1.82) is 0 Å². The van der Waals surface area contributed by atoms with Crippen molar-refractivity contribution in [2.24, 2.45) is 0 Å². The second-order valence-electron chi connectivity index (χ2n) is 4.81. The van der Waals surface area contributed by atoms with E-state index in [0.29, 0.717) is 12.1 Å². The van der Waals surface area contributed by atoms with Crippen LogP contribution >= 0.6 is 11.6 Å². The van der Waals surface area contributed by atoms with Crippen LogP contribution in [0.15, 0.2) is 17.0 Å². The maximum atomic E-state index is 12.3. The van der Waals surface area contributed by atoms with Gasteiger partial charge in [-0.15, -0.1) is 0 Å². The van der Waals surface area contributed by atoms with Crippen molar-refractivity contribution in [3.05, 3.63) is 22.7 Å². The molecule has 0 heterocycles. The Kier molecular flexibility index (Phi) is 5.61. The van der Waals surface area contributed by atoms with Crippen LogP contribution in [0.25, 0.3) is 0 Å². The summed E-state index contributed by atoms with van der Waals surface area (Å²) in [6.45, 7) is 5.49. The van der Waals surface area contributed by atoms with E-state index in [9.17, 15) is 13.2 Å². The Morgan fingerprint density at radius 1 is 1.48 bits per heavy atom. The van der Waals surface area contributed by atoms with Gasteiger partial charge in [0.25, 0.3) is 0 Å². The molecule has 6 nitrogen and oxygen atoms in total. The van der Waals surface area contributed by atoms with E-state index in [1.165, 1.54) is 24.0 Å². The number of nitrogens with zero attached hydrogens (tertiary/aromatic N) is 1. The molecule has 8 heteroatoms. The Hall–Kier alpha value is -1.31. The highest BCUT2D eigenvalue weighted by molar-refractivity contribution is 7.89. The third-order valence-corrected chi connectivity index (χ3v) is 5.13. The van der Waals surface area contributed by atoms with E-state index >= 15 is 0 Å². The van der Waals surface area contributed by atoms with Gasteiger partial charge in [0.05, 0.1) is 10.9 Å². The summed E-state index contributed by atoms with van der Waals surface area (Å²) in [6.07, 6.45) is 0. The molecule has 0 aliphatic carbocycles. The van der Waals surface area contributed by atoms with Crippen LogP contribution in [0.2, 0.25) is 5.02 Å². The molecular formula is C13H20ClN3O3S. The zero-order valence-corrected chi connectivity index (χ0v) is 14.0. The first-order valence-corrected chi connectivity index (χ1v) is 8.29. The van der Waals surface area contributed by atoms with Crippen LogP contribution in [0.4, 0.5) is 5.69 Å². The minimum Gasteiger partial charge on any atom is -0.398 e. The van der Waals surface area contributed by atoms with Gasteiger partial charge in [0.2, 0.25) is 15.9 Å². The molecule has 0 fully saturated rings. The van der Waals surface area contributed by atoms with Gasteiger partial charge in [0.15, 0.2) is 0 Å². The Labute approximate surface area is 130 Å². The zero-order valence-electron chi connectivity index (χ0n) is 12.5. The van der Waals surface area contributed by atoms with Crippen molar-refractivity contribution in [3.63, 3.8) is 0 Å². The molecule has 1 aromatic rings. The lowest BCUT2D eigenvalue weighted by molar-refractivity contribution is -0.131. The number of likely N-dealkylation sites (N-methyl/N-ethyl adjacent to an activating group) is 1. The van der Waals surface area contributed by atoms with E-state index in [0.717, 1.165) is 0 Å². The Morgan fingerprint density at radius 2 is 2.05 bits per heavy atom. The van der Waals surface area contributed by atoms with Crippen molar-refractivity contribution in [2.75, 3.05) is 19.3 Å². The summed E-state index contributed by atoms with van der Waals surface area (Å²) in [5, 5.41) is 0.264. The van der Waals surface area contributed by atoms with Gasteiger partial charge in [-0.05, 0) is 38.5 Å². The highest BCUT2D eigenvalue weighted by Gasteiger charge is 2.24. The molecule has 1 aromatic carbocycles. The highest BCUT2D eigenvalue weighted by Crippen LogP contribution is 2.25. The van der Waals surface area contributed by atoms with Gasteiger partial charge in [0, 0.05) is 24.3 Å². The summed E-state index contributed by atoms with van der Waals surface area (Å²) in [4.78, 5) is 13.3. The molecule has 0 bridgehead atoms. The van der Waals surface area contributed by atoms with Crippen LogP contribution in [0.3, 0.4) is 0 Å². The fraction of sp³-hybridized carbons (Fsp3) is 0.462. The van der Waals surface area contributed by atoms with Gasteiger partial charge >= 0.3 is 0 Å². The first-order valence-electron chi connectivity index (χ1n) is 6.43. The van der Waals surface area contributed by atoms with E-state index in [2.05, 4.69) is 4.72 Å². The number of nitrogens with two attached hydrogens (primary N) is 1. The normalized spacial score (nSPS) is 13.0. The topological polar surface area (TPSA) is 92.5 Å². The number of benzene rings is 1. The number of anilines is 1. The predicted molar refractivity (Wildman–Crippen MR) is 83.7 cm³/mol. The molecule has 3 N–H and O–H groups in total. The number of carbonyl (C=O) groups excluding carboxylic acids is 1. The second kappa shape index (κ2) is 6.64. The van der Waals surface area contributed by atoms with E-state index < -0.39 is 16.1 Å². The summed E-state index contributed by atoms with van der Waals surface area (Å²) >= 11 is 5.95. The summed E-state index contributed by atoms with van der Waals surface area (Å²) < 4.78 is 26.9. The number of nitrogens with one attached hydrogen (secondary N) is 1. The fourth-order valence-electron chi connectivity index (χ4n) is 1.67. The second-order valence-corrected chi connectivity index (χ2v) is 6.94. The first kappa shape index (κ1) is 17.7. The largest absolute Gasteiger partial charge is 0.398 e. The molecule has 118 valence electrons. The molecule has 0 saturated carbocycles. The third-order valence-electron chi connectivity index (χ3n) is 3.22. The lowest BCUT2D eigenvalue weighted by atomic mass is 10.2. The maximum Gasteiger partial charge on any atom is 0.241 e. The molecule has 1 atom stereocenters. The minimum atomic E-state index is -3.87. The van der Waals surface area contributed by atoms with Crippen molar-refractivity contribution >= 4 is 33.2 Å². The van der Waals surface area contributed by atoms with Crippen LogP contribution in [0, 0.1) is 6.92 Å². The van der Waals surface area contributed by atoms with Gasteiger partial charge < -0.3 is 10.6 Å². The number of rotatable bonds is 5. The molecular weight excluding hydrogens is 314 g/mol. The molecule has 1 amide bonds. The van der Waals surface area contributed by atoms with Crippen molar-refractivity contribution < 1.29 is 13.2 Å². The lowest BCUT2D eigenvalue weighted by Crippen LogP contribution is -2.45. The lowest BCUT2D eigenvalue weighted by Gasteiger charge is -2.20. The van der Waals surface area contributed by atoms with Crippen molar-refractivity contribution in [2.45, 2.75) is 31.7 Å². The predicted octanol–water partition coefficient (Wildman–Crippen LogP) is 1.38. The van der Waals surface area contributed by atoms with Crippen molar-refractivity contribution in [3.8, 4) is 0 Å². The number of hydrogen-bond donors (Lipinski definition) is 2. The van der Waals surface area contributed by atoms with Crippen LogP contribution in [0.5, 0.6) is 0 Å². The van der Waals surface area contributed by atoms with Crippen LogP contribution in [0.1, 0.15) is 19.4 Å². The average Bonchev–Trinajstić information content (AvgIpc) is 2.41. The number of halogens is 1. The van der Waals surface area contributed by atoms with E-state index in [4.69, 9.17) is 17.3 Å². The van der Waals surface area contributed by atoms with Gasteiger partial charge in [-0.25, -0.2) is 8.42 Å². The van der Waals surface area contributed by atoms with Gasteiger partial charge in [-0.3, -0.25) is 4.79 Å². The molecule has 0 aromatic heterocycles. The van der Waals surface area contributed by atoms with Crippen LogP contribution in [-0.2, 0) is 14.8 Å². The molecule has 1 unspecified atom stereocenters. The Morgan fingerprint density at radius 3 is 2.52 bits per heavy atom. The van der Waals surface area contributed by atoms with Gasteiger partial charge in [0.1, 0.15) is 0 Å². The molecule has 0 aliphatic rings. The maximum absolute atomic E-state index is 12.3. The molecule has 21 heavy (non-hydrogen) atoms. The van der Waals surface area contributed by atoms with E-state index in [-0.39, 0.29) is 21.5 Å². The number of amides is 1. The SMILES string of the molecule is CCN(C)C(=O)C(C)NS(=O)(=O)c1cc(N)c(C)c(Cl)c1. The smallest absolute Gasteiger partial charge is 0.241 e. The fourth-order valence-corrected chi connectivity index (χ4v) is 3.22. The Bertz CT molecular complexity index is 623.